The van der Waals surface area contributed by atoms with Gasteiger partial charge in [0.15, 0.2) is 0 Å². The summed E-state index contributed by atoms with van der Waals surface area (Å²) in [5.41, 5.74) is 1.05. The van der Waals surface area contributed by atoms with Gasteiger partial charge < -0.3 is 30.4 Å². The third-order valence-corrected chi connectivity index (χ3v) is 7.13. The number of esters is 1. The van der Waals surface area contributed by atoms with Crippen molar-refractivity contribution in [3.05, 3.63) is 30.0 Å². The predicted octanol–water partition coefficient (Wildman–Crippen LogP) is 2.58. The molecule has 38 heavy (non-hydrogen) atoms. The Balaban J connectivity index is 1.77. The van der Waals surface area contributed by atoms with Gasteiger partial charge >= 0.3 is 5.97 Å². The van der Waals surface area contributed by atoms with Crippen LogP contribution < -0.4 is 20.7 Å². The van der Waals surface area contributed by atoms with Gasteiger partial charge in [-0.15, -0.1) is 0 Å². The van der Waals surface area contributed by atoms with Crippen LogP contribution >= 0.6 is 12.6 Å². The summed E-state index contributed by atoms with van der Waals surface area (Å²) < 4.78 is 10.4. The maximum absolute atomic E-state index is 13.5. The second-order valence-electron chi connectivity index (χ2n) is 9.96. The molecule has 4 atom stereocenters. The molecule has 0 saturated carbocycles. The van der Waals surface area contributed by atoms with Gasteiger partial charge in [0.25, 0.3) is 5.91 Å². The van der Waals surface area contributed by atoms with Crippen LogP contribution in [-0.4, -0.2) is 66.3 Å². The van der Waals surface area contributed by atoms with E-state index in [1.807, 2.05) is 32.0 Å². The van der Waals surface area contributed by atoms with Gasteiger partial charge in [0.05, 0.1) is 20.1 Å². The number of fused-ring (bicyclic) bond motifs is 1. The van der Waals surface area contributed by atoms with Crippen molar-refractivity contribution < 1.29 is 28.7 Å². The Morgan fingerprint density at radius 3 is 2.61 bits per heavy atom. The van der Waals surface area contributed by atoms with Crippen LogP contribution in [0.4, 0.5) is 0 Å². The van der Waals surface area contributed by atoms with Crippen LogP contribution in [0.5, 0.6) is 5.75 Å². The summed E-state index contributed by atoms with van der Waals surface area (Å²) in [5.74, 6) is -0.881. The SMILES string of the molecule is CCOC(=O)C[C@H](S)[C@H](C[C@@H]1CCNC1=O)NC(=O)[C@H](CC(C)C)NC(=O)c1cc2c(OC)cccc2[nH]1. The normalized spacial score (nSPS) is 17.5. The molecule has 10 nitrogen and oxygen atoms in total. The van der Waals surface area contributed by atoms with E-state index in [4.69, 9.17) is 9.47 Å². The fourth-order valence-corrected chi connectivity index (χ4v) is 5.02. The van der Waals surface area contributed by atoms with E-state index in [0.717, 1.165) is 10.9 Å². The zero-order valence-electron chi connectivity index (χ0n) is 22.3. The van der Waals surface area contributed by atoms with Crippen molar-refractivity contribution >= 4 is 47.2 Å². The highest BCUT2D eigenvalue weighted by Crippen LogP contribution is 2.26. The lowest BCUT2D eigenvalue weighted by molar-refractivity contribution is -0.143. The summed E-state index contributed by atoms with van der Waals surface area (Å²) in [7, 11) is 1.56. The Bertz CT molecular complexity index is 1150. The molecule has 3 rings (SSSR count). The van der Waals surface area contributed by atoms with Crippen LogP contribution in [0.25, 0.3) is 10.9 Å². The molecule has 2 heterocycles. The molecule has 1 saturated heterocycles. The molecule has 1 fully saturated rings. The summed E-state index contributed by atoms with van der Waals surface area (Å²) in [6, 6.07) is 5.75. The number of carbonyl (C=O) groups is 4. The van der Waals surface area contributed by atoms with Crippen molar-refractivity contribution in [3.8, 4) is 5.75 Å². The van der Waals surface area contributed by atoms with E-state index < -0.39 is 35.1 Å². The predicted molar refractivity (Wildman–Crippen MR) is 147 cm³/mol. The Morgan fingerprint density at radius 1 is 1.21 bits per heavy atom. The lowest BCUT2D eigenvalue weighted by Gasteiger charge is -2.28. The number of thiol groups is 1. The first-order valence-corrected chi connectivity index (χ1v) is 13.5. The van der Waals surface area contributed by atoms with E-state index in [9.17, 15) is 19.2 Å². The molecule has 3 amide bonds. The first-order valence-electron chi connectivity index (χ1n) is 13.0. The molecule has 0 unspecified atom stereocenters. The highest BCUT2D eigenvalue weighted by Gasteiger charge is 2.34. The number of hydrogen-bond donors (Lipinski definition) is 5. The topological polar surface area (TPSA) is 139 Å². The number of H-pyrrole nitrogens is 1. The molecule has 4 N–H and O–H groups in total. The second-order valence-corrected chi connectivity index (χ2v) is 10.6. The number of amides is 3. The van der Waals surface area contributed by atoms with E-state index in [2.05, 4.69) is 33.6 Å². The Morgan fingerprint density at radius 2 is 1.97 bits per heavy atom. The Kier molecular flexibility index (Phi) is 10.5. The van der Waals surface area contributed by atoms with E-state index >= 15 is 0 Å². The van der Waals surface area contributed by atoms with Crippen molar-refractivity contribution in [2.24, 2.45) is 11.8 Å². The third kappa shape index (κ3) is 7.66. The first-order chi connectivity index (χ1) is 18.1. The molecular weight excluding hydrogens is 508 g/mol. The number of rotatable bonds is 13. The van der Waals surface area contributed by atoms with Crippen molar-refractivity contribution in [2.75, 3.05) is 20.3 Å². The summed E-state index contributed by atoms with van der Waals surface area (Å²) in [5, 5.41) is 8.82. The average Bonchev–Trinajstić information content (AvgIpc) is 3.48. The Hall–Kier alpha value is -3.21. The monoisotopic (exact) mass is 546 g/mol. The molecule has 208 valence electrons. The number of nitrogens with one attached hydrogen (secondary N) is 4. The number of hydrogen-bond acceptors (Lipinski definition) is 7. The van der Waals surface area contributed by atoms with Crippen molar-refractivity contribution in [2.45, 2.75) is 63.8 Å². The quantitative estimate of drug-likeness (QED) is 0.193. The second kappa shape index (κ2) is 13.5. The zero-order valence-corrected chi connectivity index (χ0v) is 23.2. The molecule has 0 bridgehead atoms. The number of aromatic amines is 1. The lowest BCUT2D eigenvalue weighted by Crippen LogP contribution is -2.53. The maximum Gasteiger partial charge on any atom is 0.306 e. The summed E-state index contributed by atoms with van der Waals surface area (Å²) in [4.78, 5) is 54.1. The van der Waals surface area contributed by atoms with Crippen LogP contribution in [0.2, 0.25) is 0 Å². The maximum atomic E-state index is 13.5. The molecular formula is C27H38N4O6S. The lowest BCUT2D eigenvalue weighted by atomic mass is 9.94. The fraction of sp³-hybridized carbons (Fsp3) is 0.556. The van der Waals surface area contributed by atoms with E-state index in [1.54, 1.807) is 20.1 Å². The third-order valence-electron chi connectivity index (χ3n) is 6.59. The van der Waals surface area contributed by atoms with Gasteiger partial charge in [-0.05, 0) is 50.3 Å². The highest BCUT2D eigenvalue weighted by molar-refractivity contribution is 7.81. The van der Waals surface area contributed by atoms with Crippen molar-refractivity contribution in [1.29, 1.82) is 0 Å². The van der Waals surface area contributed by atoms with Crippen LogP contribution in [0.15, 0.2) is 24.3 Å². The van der Waals surface area contributed by atoms with Gasteiger partial charge in [-0.3, -0.25) is 19.2 Å². The van der Waals surface area contributed by atoms with Crippen LogP contribution in [0.1, 0.15) is 56.9 Å². The summed E-state index contributed by atoms with van der Waals surface area (Å²) in [6.07, 6.45) is 1.34. The molecule has 0 aliphatic carbocycles. The molecule has 0 radical (unpaired) electrons. The van der Waals surface area contributed by atoms with Gasteiger partial charge in [0, 0.05) is 34.7 Å². The molecule has 1 aromatic carbocycles. The van der Waals surface area contributed by atoms with E-state index in [0.29, 0.717) is 37.3 Å². The highest BCUT2D eigenvalue weighted by atomic mass is 32.1. The van der Waals surface area contributed by atoms with Gasteiger partial charge in [0.1, 0.15) is 17.5 Å². The van der Waals surface area contributed by atoms with E-state index in [-0.39, 0.29) is 30.8 Å². The van der Waals surface area contributed by atoms with Crippen LogP contribution in [-0.2, 0) is 19.1 Å². The zero-order chi connectivity index (χ0) is 27.8. The number of aromatic nitrogens is 1. The smallest absolute Gasteiger partial charge is 0.306 e. The van der Waals surface area contributed by atoms with Crippen molar-refractivity contribution in [3.63, 3.8) is 0 Å². The fourth-order valence-electron chi connectivity index (χ4n) is 4.67. The summed E-state index contributed by atoms with van der Waals surface area (Å²) >= 11 is 4.60. The first kappa shape index (κ1) is 29.3. The molecule has 0 spiro atoms. The number of carbonyl (C=O) groups excluding carboxylic acids is 4. The minimum Gasteiger partial charge on any atom is -0.496 e. The molecule has 1 aromatic heterocycles. The minimum atomic E-state index is -0.834. The number of methoxy groups -OCH3 is 1. The molecule has 2 aromatic rings. The minimum absolute atomic E-state index is 0.0195. The summed E-state index contributed by atoms with van der Waals surface area (Å²) in [6.45, 7) is 6.45. The van der Waals surface area contributed by atoms with Gasteiger partial charge in [-0.2, -0.15) is 12.6 Å². The number of benzene rings is 1. The molecule has 11 heteroatoms. The standard InChI is InChI=1S/C27H38N4O6S/c1-5-37-24(32)14-23(38)19(12-16-9-10-28-25(16)33)30-26(34)20(11-15(2)3)31-27(35)21-13-17-18(29-21)7-6-8-22(17)36-4/h6-8,13,15-16,19-20,23,29,38H,5,9-12,14H2,1-4H3,(H,28,33)(H,30,34)(H,31,35)/t16-,19-,20-,23-/m0/s1. The van der Waals surface area contributed by atoms with Crippen molar-refractivity contribution in [1.82, 2.24) is 20.9 Å². The number of ether oxygens (including phenoxy) is 2. The largest absolute Gasteiger partial charge is 0.496 e. The Labute approximate surface area is 228 Å². The van der Waals surface area contributed by atoms with Gasteiger partial charge in [-0.25, -0.2) is 0 Å². The molecule has 1 aliphatic heterocycles. The average molecular weight is 547 g/mol. The van der Waals surface area contributed by atoms with Crippen LogP contribution in [0, 0.1) is 11.8 Å². The van der Waals surface area contributed by atoms with Gasteiger partial charge in [-0.1, -0.05) is 19.9 Å². The molecule has 1 aliphatic rings. The van der Waals surface area contributed by atoms with Crippen LogP contribution in [0.3, 0.4) is 0 Å². The van der Waals surface area contributed by atoms with Gasteiger partial charge in [0.2, 0.25) is 11.8 Å². The van der Waals surface area contributed by atoms with E-state index in [1.165, 1.54) is 0 Å².